The highest BCUT2D eigenvalue weighted by atomic mass is 32.2. The molecule has 4 rings (SSSR count). The highest BCUT2D eigenvalue weighted by molar-refractivity contribution is 7.89. The van der Waals surface area contributed by atoms with E-state index in [0.29, 0.717) is 31.7 Å². The van der Waals surface area contributed by atoms with Crippen molar-refractivity contribution < 1.29 is 18.0 Å². The second kappa shape index (κ2) is 9.12. The zero-order valence-electron chi connectivity index (χ0n) is 18.1. The first-order valence-corrected chi connectivity index (χ1v) is 12.7. The summed E-state index contributed by atoms with van der Waals surface area (Å²) in [5, 5.41) is 2.98. The second-order valence-corrected chi connectivity index (χ2v) is 10.6. The summed E-state index contributed by atoms with van der Waals surface area (Å²) in [6.45, 7) is 3.08. The van der Waals surface area contributed by atoms with Gasteiger partial charge in [0.15, 0.2) is 0 Å². The van der Waals surface area contributed by atoms with Crippen molar-refractivity contribution in [3.05, 3.63) is 35.4 Å². The number of benzene rings is 1. The number of carbonyl (C=O) groups excluding carboxylic acids is 2. The number of fused-ring (bicyclic) bond motifs is 1. The van der Waals surface area contributed by atoms with Crippen LogP contribution in [0.15, 0.2) is 34.7 Å². The van der Waals surface area contributed by atoms with E-state index in [1.165, 1.54) is 34.5 Å². The van der Waals surface area contributed by atoms with Crippen molar-refractivity contribution in [2.45, 2.75) is 69.2 Å². The quantitative estimate of drug-likeness (QED) is 0.682. The lowest BCUT2D eigenvalue weighted by molar-refractivity contribution is -0.125. The van der Waals surface area contributed by atoms with E-state index in [4.69, 9.17) is 0 Å². The predicted molar refractivity (Wildman–Crippen MR) is 119 cm³/mol. The molecule has 1 saturated heterocycles. The fraction of sp³-hybridized carbons (Fsp3) is 0.565. The third-order valence-corrected chi connectivity index (χ3v) is 8.41. The summed E-state index contributed by atoms with van der Waals surface area (Å²) >= 11 is 0. The molecule has 1 aromatic carbocycles. The zero-order chi connectivity index (χ0) is 22.0. The molecule has 0 radical (unpaired) electrons. The van der Waals surface area contributed by atoms with Crippen molar-refractivity contribution in [1.82, 2.24) is 9.62 Å². The van der Waals surface area contributed by atoms with E-state index in [2.05, 4.69) is 11.4 Å². The lowest BCUT2D eigenvalue weighted by Crippen LogP contribution is -2.47. The van der Waals surface area contributed by atoms with E-state index < -0.39 is 16.1 Å². The maximum Gasteiger partial charge on any atom is 0.243 e. The molecule has 2 amide bonds. The summed E-state index contributed by atoms with van der Waals surface area (Å²) < 4.78 is 27.3. The Morgan fingerprint density at radius 3 is 2.58 bits per heavy atom. The summed E-state index contributed by atoms with van der Waals surface area (Å²) in [7, 11) is -3.54. The van der Waals surface area contributed by atoms with Gasteiger partial charge in [-0.2, -0.15) is 4.31 Å². The number of nitrogens with zero attached hydrogens (tertiary/aromatic N) is 2. The highest BCUT2D eigenvalue weighted by Gasteiger charge is 2.38. The Morgan fingerprint density at radius 2 is 1.90 bits per heavy atom. The Bertz CT molecular complexity index is 996. The number of hydrogen-bond acceptors (Lipinski definition) is 4. The normalized spacial score (nSPS) is 21.6. The minimum Gasteiger partial charge on any atom is -0.354 e. The van der Waals surface area contributed by atoms with Gasteiger partial charge in [0.25, 0.3) is 0 Å². The largest absolute Gasteiger partial charge is 0.354 e. The molecular weight excluding hydrogens is 414 g/mol. The maximum atomic E-state index is 12.9. The first-order valence-electron chi connectivity index (χ1n) is 11.3. The van der Waals surface area contributed by atoms with E-state index in [0.717, 1.165) is 37.7 Å². The van der Waals surface area contributed by atoms with Crippen molar-refractivity contribution in [3.63, 3.8) is 0 Å². The Kier molecular flexibility index (Phi) is 6.48. The number of anilines is 1. The highest BCUT2D eigenvalue weighted by Crippen LogP contribution is 2.35. The van der Waals surface area contributed by atoms with Crippen LogP contribution in [0.25, 0.3) is 0 Å². The van der Waals surface area contributed by atoms with Gasteiger partial charge in [0.05, 0.1) is 4.90 Å². The molecule has 1 aromatic rings. The van der Waals surface area contributed by atoms with Crippen LogP contribution in [-0.2, 0) is 26.0 Å². The fourth-order valence-corrected chi connectivity index (χ4v) is 6.43. The standard InChI is InChI=1S/C23H31N3O4S/c1-17(27)26-21-10-9-20(31(29,30)25-13-5-6-14-25)15-19(21)16-22(26)23(28)24-12-11-18-7-3-2-4-8-18/h7,9-10,15,22H,2-6,8,11-14,16H2,1H3,(H,24,28). The molecule has 2 aliphatic heterocycles. The van der Waals surface area contributed by atoms with Crippen molar-refractivity contribution in [3.8, 4) is 0 Å². The first kappa shape index (κ1) is 22.0. The van der Waals surface area contributed by atoms with Crippen LogP contribution in [0.4, 0.5) is 5.69 Å². The SMILES string of the molecule is CC(=O)N1c2ccc(S(=O)(=O)N3CCCC3)cc2CC1C(=O)NCCC1=CCCCC1. The van der Waals surface area contributed by atoms with Crippen molar-refractivity contribution in [1.29, 1.82) is 0 Å². The maximum absolute atomic E-state index is 12.9. The number of rotatable bonds is 6. The number of hydrogen-bond donors (Lipinski definition) is 1. The van der Waals surface area contributed by atoms with E-state index in [-0.39, 0.29) is 16.7 Å². The zero-order valence-corrected chi connectivity index (χ0v) is 18.9. The number of allylic oxidation sites excluding steroid dienone is 1. The lowest BCUT2D eigenvalue weighted by Gasteiger charge is -2.24. The summed E-state index contributed by atoms with van der Waals surface area (Å²) in [4.78, 5) is 27.0. The van der Waals surface area contributed by atoms with Gasteiger partial charge in [0, 0.05) is 38.7 Å². The average Bonchev–Trinajstić information content (AvgIpc) is 3.42. The van der Waals surface area contributed by atoms with E-state index in [1.807, 2.05) is 0 Å². The molecule has 1 atom stereocenters. The Labute approximate surface area is 184 Å². The summed E-state index contributed by atoms with van der Waals surface area (Å²) in [5.74, 6) is -0.407. The Morgan fingerprint density at radius 1 is 1.13 bits per heavy atom. The van der Waals surface area contributed by atoms with Crippen LogP contribution in [0.2, 0.25) is 0 Å². The first-order chi connectivity index (χ1) is 14.9. The number of carbonyl (C=O) groups is 2. The van der Waals surface area contributed by atoms with Crippen LogP contribution < -0.4 is 10.2 Å². The molecular formula is C23H31N3O4S. The van der Waals surface area contributed by atoms with Gasteiger partial charge in [0.1, 0.15) is 6.04 Å². The Hall–Kier alpha value is -2.19. The number of nitrogens with one attached hydrogen (secondary N) is 1. The summed E-state index contributed by atoms with van der Waals surface area (Å²) in [5.41, 5.74) is 2.75. The van der Waals surface area contributed by atoms with Crippen LogP contribution in [0.3, 0.4) is 0 Å². The fourth-order valence-electron chi connectivity index (χ4n) is 4.86. The third kappa shape index (κ3) is 4.55. The average molecular weight is 446 g/mol. The van der Waals surface area contributed by atoms with Gasteiger partial charge in [-0.25, -0.2) is 8.42 Å². The molecule has 1 unspecified atom stereocenters. The van der Waals surface area contributed by atoms with Crippen LogP contribution in [0.1, 0.15) is 57.4 Å². The predicted octanol–water partition coefficient (Wildman–Crippen LogP) is 2.76. The van der Waals surface area contributed by atoms with E-state index >= 15 is 0 Å². The van der Waals surface area contributed by atoms with Gasteiger partial charge < -0.3 is 5.32 Å². The number of sulfonamides is 1. The van der Waals surface area contributed by atoms with Gasteiger partial charge >= 0.3 is 0 Å². The van der Waals surface area contributed by atoms with Gasteiger partial charge in [0.2, 0.25) is 21.8 Å². The van der Waals surface area contributed by atoms with Gasteiger partial charge in [-0.15, -0.1) is 0 Å². The molecule has 31 heavy (non-hydrogen) atoms. The molecule has 7 nitrogen and oxygen atoms in total. The molecule has 0 saturated carbocycles. The molecule has 0 bridgehead atoms. The molecule has 1 fully saturated rings. The summed E-state index contributed by atoms with van der Waals surface area (Å²) in [6, 6.07) is 4.22. The van der Waals surface area contributed by atoms with Crippen molar-refractivity contribution in [2.75, 3.05) is 24.5 Å². The van der Waals surface area contributed by atoms with Gasteiger partial charge in [-0.1, -0.05) is 11.6 Å². The molecule has 0 spiro atoms. The monoisotopic (exact) mass is 445 g/mol. The smallest absolute Gasteiger partial charge is 0.243 e. The van der Waals surface area contributed by atoms with Gasteiger partial charge in [-0.05, 0) is 68.7 Å². The van der Waals surface area contributed by atoms with Crippen LogP contribution in [-0.4, -0.2) is 50.2 Å². The lowest BCUT2D eigenvalue weighted by atomic mass is 9.97. The summed E-state index contributed by atoms with van der Waals surface area (Å²) in [6.07, 6.45) is 9.84. The van der Waals surface area contributed by atoms with E-state index in [1.54, 1.807) is 18.2 Å². The topological polar surface area (TPSA) is 86.8 Å². The molecule has 168 valence electrons. The number of amides is 2. The molecule has 1 aliphatic carbocycles. The van der Waals surface area contributed by atoms with E-state index in [9.17, 15) is 18.0 Å². The van der Waals surface area contributed by atoms with Crippen molar-refractivity contribution >= 4 is 27.5 Å². The third-order valence-electron chi connectivity index (χ3n) is 6.51. The molecule has 0 aromatic heterocycles. The minimum atomic E-state index is -3.54. The van der Waals surface area contributed by atoms with Crippen LogP contribution in [0, 0.1) is 0 Å². The molecule has 3 aliphatic rings. The van der Waals surface area contributed by atoms with Crippen LogP contribution >= 0.6 is 0 Å². The molecule has 2 heterocycles. The minimum absolute atomic E-state index is 0.188. The van der Waals surface area contributed by atoms with Gasteiger partial charge in [-0.3, -0.25) is 14.5 Å². The second-order valence-electron chi connectivity index (χ2n) is 8.66. The Balaban J connectivity index is 1.48. The molecule has 8 heteroatoms. The van der Waals surface area contributed by atoms with Crippen LogP contribution in [0.5, 0.6) is 0 Å². The van der Waals surface area contributed by atoms with Crippen molar-refractivity contribution in [2.24, 2.45) is 0 Å². The molecule has 1 N–H and O–H groups in total.